The molecule has 9 nitrogen and oxygen atoms in total. The predicted molar refractivity (Wildman–Crippen MR) is 118 cm³/mol. The van der Waals surface area contributed by atoms with Crippen molar-refractivity contribution in [1.29, 1.82) is 0 Å². The monoisotopic (exact) mass is 430 g/mol. The SMILES string of the molecule is COc1ccc(Oc2ncccc2NC(=O)NC(C)(C)CNC(=O)OC(C)(C)C)cc1. The van der Waals surface area contributed by atoms with Crippen molar-refractivity contribution in [3.8, 4) is 17.4 Å². The fourth-order valence-electron chi connectivity index (χ4n) is 2.44. The number of alkyl carbamates (subject to hydrolysis) is 1. The molecular weight excluding hydrogens is 400 g/mol. The van der Waals surface area contributed by atoms with Crippen molar-refractivity contribution in [3.63, 3.8) is 0 Å². The van der Waals surface area contributed by atoms with E-state index in [0.29, 0.717) is 17.2 Å². The van der Waals surface area contributed by atoms with Gasteiger partial charge in [-0.25, -0.2) is 14.6 Å². The second-order valence-corrected chi connectivity index (χ2v) is 8.45. The lowest BCUT2D eigenvalue weighted by molar-refractivity contribution is 0.0514. The first-order valence-corrected chi connectivity index (χ1v) is 9.80. The highest BCUT2D eigenvalue weighted by molar-refractivity contribution is 5.91. The third kappa shape index (κ3) is 8.41. The van der Waals surface area contributed by atoms with Gasteiger partial charge in [-0.2, -0.15) is 0 Å². The average Bonchev–Trinajstić information content (AvgIpc) is 2.67. The molecule has 0 aliphatic heterocycles. The number of anilines is 1. The molecule has 0 saturated heterocycles. The van der Waals surface area contributed by atoms with Gasteiger partial charge in [-0.05, 0) is 71.0 Å². The first-order chi connectivity index (χ1) is 14.5. The Morgan fingerprint density at radius 2 is 1.65 bits per heavy atom. The van der Waals surface area contributed by atoms with Crippen LogP contribution in [0, 0.1) is 0 Å². The van der Waals surface area contributed by atoms with Crippen LogP contribution in [0.2, 0.25) is 0 Å². The van der Waals surface area contributed by atoms with Crippen molar-refractivity contribution < 1.29 is 23.8 Å². The molecule has 0 bridgehead atoms. The highest BCUT2D eigenvalue weighted by Gasteiger charge is 2.24. The molecule has 2 rings (SSSR count). The smallest absolute Gasteiger partial charge is 0.407 e. The molecular formula is C22H30N4O5. The van der Waals surface area contributed by atoms with E-state index in [2.05, 4.69) is 20.9 Å². The Hall–Kier alpha value is -3.49. The van der Waals surface area contributed by atoms with E-state index in [0.717, 1.165) is 0 Å². The molecule has 31 heavy (non-hydrogen) atoms. The summed E-state index contributed by atoms with van der Waals surface area (Å²) in [7, 11) is 1.58. The first-order valence-electron chi connectivity index (χ1n) is 9.80. The third-order valence-corrected chi connectivity index (χ3v) is 3.82. The molecule has 0 atom stereocenters. The number of benzene rings is 1. The van der Waals surface area contributed by atoms with Crippen molar-refractivity contribution in [2.45, 2.75) is 45.8 Å². The summed E-state index contributed by atoms with van der Waals surface area (Å²) in [4.78, 5) is 28.6. The van der Waals surface area contributed by atoms with E-state index in [1.54, 1.807) is 84.3 Å². The number of nitrogens with zero attached hydrogens (tertiary/aromatic N) is 1. The van der Waals surface area contributed by atoms with E-state index in [1.807, 2.05) is 0 Å². The van der Waals surface area contributed by atoms with Crippen LogP contribution in [0.1, 0.15) is 34.6 Å². The summed E-state index contributed by atoms with van der Waals surface area (Å²) < 4.78 is 16.1. The molecule has 1 aromatic carbocycles. The van der Waals surface area contributed by atoms with Gasteiger partial charge in [0.05, 0.1) is 12.6 Å². The van der Waals surface area contributed by atoms with Crippen LogP contribution < -0.4 is 25.4 Å². The van der Waals surface area contributed by atoms with E-state index in [4.69, 9.17) is 14.2 Å². The van der Waals surface area contributed by atoms with Crippen molar-refractivity contribution in [1.82, 2.24) is 15.6 Å². The fraction of sp³-hybridized carbons (Fsp3) is 0.409. The van der Waals surface area contributed by atoms with E-state index >= 15 is 0 Å². The molecule has 0 unspecified atom stereocenters. The summed E-state index contributed by atoms with van der Waals surface area (Å²) in [6.07, 6.45) is 1.02. The molecule has 168 valence electrons. The maximum absolute atomic E-state index is 12.5. The topological polar surface area (TPSA) is 111 Å². The molecule has 0 aliphatic rings. The molecule has 0 aliphatic carbocycles. The van der Waals surface area contributed by atoms with Crippen molar-refractivity contribution in [2.24, 2.45) is 0 Å². The van der Waals surface area contributed by atoms with Gasteiger partial charge in [-0.1, -0.05) is 0 Å². The molecule has 0 radical (unpaired) electrons. The Bertz CT molecular complexity index is 892. The normalized spacial score (nSPS) is 11.3. The van der Waals surface area contributed by atoms with E-state index < -0.39 is 23.3 Å². The minimum atomic E-state index is -0.736. The quantitative estimate of drug-likeness (QED) is 0.604. The number of aromatic nitrogens is 1. The lowest BCUT2D eigenvalue weighted by Gasteiger charge is -2.28. The standard InChI is InChI=1S/C22H30N4O5/c1-21(2,3)31-20(28)24-14-22(4,5)26-19(27)25-17-8-7-13-23-18(17)30-16-11-9-15(29-6)10-12-16/h7-13H,14H2,1-6H3,(H,24,28)(H2,25,26,27). The molecule has 0 saturated carbocycles. The third-order valence-electron chi connectivity index (χ3n) is 3.82. The zero-order valence-electron chi connectivity index (χ0n) is 18.7. The van der Waals surface area contributed by atoms with Crippen molar-refractivity contribution in [3.05, 3.63) is 42.6 Å². The molecule has 0 fully saturated rings. The summed E-state index contributed by atoms with van der Waals surface area (Å²) in [6, 6.07) is 9.90. The lowest BCUT2D eigenvalue weighted by atomic mass is 10.1. The van der Waals surface area contributed by atoms with Crippen LogP contribution in [0.15, 0.2) is 42.6 Å². The molecule has 9 heteroatoms. The predicted octanol–water partition coefficient (Wildman–Crippen LogP) is 4.31. The van der Waals surface area contributed by atoms with Crippen molar-refractivity contribution >= 4 is 17.8 Å². The summed E-state index contributed by atoms with van der Waals surface area (Å²) in [6.45, 7) is 9.08. The van der Waals surface area contributed by atoms with E-state index in [9.17, 15) is 9.59 Å². The molecule has 0 spiro atoms. The number of ether oxygens (including phenoxy) is 3. The number of methoxy groups -OCH3 is 1. The molecule has 3 N–H and O–H groups in total. The highest BCUT2D eigenvalue weighted by Crippen LogP contribution is 2.28. The van der Waals surface area contributed by atoms with Crippen LogP contribution in [0.5, 0.6) is 17.4 Å². The Balaban J connectivity index is 1.96. The van der Waals surface area contributed by atoms with Gasteiger partial charge in [0, 0.05) is 12.7 Å². The first kappa shape index (κ1) is 23.8. The van der Waals surface area contributed by atoms with Gasteiger partial charge in [-0.15, -0.1) is 0 Å². The lowest BCUT2D eigenvalue weighted by Crippen LogP contribution is -2.53. The molecule has 2 aromatic rings. The summed E-state index contributed by atoms with van der Waals surface area (Å²) in [5, 5.41) is 8.19. The van der Waals surface area contributed by atoms with Crippen LogP contribution in [-0.2, 0) is 4.74 Å². The number of hydrogen-bond acceptors (Lipinski definition) is 6. The number of hydrogen-bond donors (Lipinski definition) is 3. The second-order valence-electron chi connectivity index (χ2n) is 8.45. The number of pyridine rings is 1. The fourth-order valence-corrected chi connectivity index (χ4v) is 2.44. The van der Waals surface area contributed by atoms with E-state index in [1.165, 1.54) is 0 Å². The Morgan fingerprint density at radius 3 is 2.26 bits per heavy atom. The minimum Gasteiger partial charge on any atom is -0.497 e. The minimum absolute atomic E-state index is 0.178. The Labute approximate surface area is 182 Å². The summed E-state index contributed by atoms with van der Waals surface area (Å²) in [5.74, 6) is 1.49. The summed E-state index contributed by atoms with van der Waals surface area (Å²) in [5.41, 5.74) is -0.938. The number of carbonyl (C=O) groups excluding carboxylic acids is 2. The van der Waals surface area contributed by atoms with Crippen molar-refractivity contribution in [2.75, 3.05) is 19.0 Å². The van der Waals surface area contributed by atoms with Crippen LogP contribution in [0.4, 0.5) is 15.3 Å². The second kappa shape index (κ2) is 10.0. The van der Waals surface area contributed by atoms with Gasteiger partial charge in [0.2, 0.25) is 5.88 Å². The largest absolute Gasteiger partial charge is 0.497 e. The number of nitrogens with one attached hydrogen (secondary N) is 3. The molecule has 3 amide bonds. The molecule has 1 aromatic heterocycles. The number of urea groups is 1. The van der Waals surface area contributed by atoms with Gasteiger partial charge >= 0.3 is 12.1 Å². The van der Waals surface area contributed by atoms with Crippen LogP contribution >= 0.6 is 0 Å². The number of carbonyl (C=O) groups is 2. The number of rotatable bonds is 7. The van der Waals surface area contributed by atoms with Gasteiger partial charge < -0.3 is 30.2 Å². The van der Waals surface area contributed by atoms with Gasteiger partial charge in [0.15, 0.2) is 0 Å². The Kier molecular flexibility index (Phi) is 7.68. The van der Waals surface area contributed by atoms with Gasteiger partial charge in [-0.3, -0.25) is 0 Å². The maximum atomic E-state index is 12.5. The Morgan fingerprint density at radius 1 is 1.00 bits per heavy atom. The molecule has 1 heterocycles. The zero-order chi connectivity index (χ0) is 23.1. The highest BCUT2D eigenvalue weighted by atomic mass is 16.6. The van der Waals surface area contributed by atoms with Crippen LogP contribution in [-0.4, -0.2) is 41.9 Å². The van der Waals surface area contributed by atoms with Gasteiger partial charge in [0.1, 0.15) is 22.8 Å². The number of amides is 3. The van der Waals surface area contributed by atoms with Crippen LogP contribution in [0.3, 0.4) is 0 Å². The zero-order valence-corrected chi connectivity index (χ0v) is 18.7. The summed E-state index contributed by atoms with van der Waals surface area (Å²) >= 11 is 0. The average molecular weight is 431 g/mol. The van der Waals surface area contributed by atoms with E-state index in [-0.39, 0.29) is 12.4 Å². The van der Waals surface area contributed by atoms with Gasteiger partial charge in [0.25, 0.3) is 0 Å². The maximum Gasteiger partial charge on any atom is 0.407 e. The van der Waals surface area contributed by atoms with Crippen LogP contribution in [0.25, 0.3) is 0 Å².